The second-order valence-corrected chi connectivity index (χ2v) is 3.25. The number of rotatable bonds is 1. The van der Waals surface area contributed by atoms with E-state index in [-0.39, 0.29) is 0 Å². The number of aliphatic imine (C=N–C) groups is 1. The average molecular weight is 183 g/mol. The summed E-state index contributed by atoms with van der Waals surface area (Å²) in [6.45, 7) is 0. The maximum Gasteiger partial charge on any atom is 0.0460 e. The van der Waals surface area contributed by atoms with Gasteiger partial charge in [-0.15, -0.1) is 0 Å². The molecule has 0 radical (unpaired) electrons. The van der Waals surface area contributed by atoms with Crippen molar-refractivity contribution in [3.8, 4) is 0 Å². The van der Waals surface area contributed by atoms with E-state index in [9.17, 15) is 0 Å². The molecule has 1 aromatic carbocycles. The minimum atomic E-state index is 0.942. The van der Waals surface area contributed by atoms with Crippen LogP contribution in [0.2, 0.25) is 0 Å². The van der Waals surface area contributed by atoms with Gasteiger partial charge in [0.05, 0.1) is 0 Å². The van der Waals surface area contributed by atoms with Crippen LogP contribution in [0.15, 0.2) is 53.6 Å². The van der Waals surface area contributed by atoms with E-state index in [0.29, 0.717) is 0 Å². The Labute approximate surface area is 84.5 Å². The molecule has 0 N–H and O–H groups in total. The molecule has 0 bridgehead atoms. The minimum Gasteiger partial charge on any atom is -0.292 e. The largest absolute Gasteiger partial charge is 0.292 e. The summed E-state index contributed by atoms with van der Waals surface area (Å²) in [4.78, 5) is 4.30. The van der Waals surface area contributed by atoms with E-state index in [2.05, 4.69) is 47.5 Å². The van der Waals surface area contributed by atoms with Crippen LogP contribution in [0.4, 0.5) is 0 Å². The Morgan fingerprint density at radius 3 is 2.64 bits per heavy atom. The second kappa shape index (κ2) is 4.05. The first kappa shape index (κ1) is 8.95. The summed E-state index contributed by atoms with van der Waals surface area (Å²) in [5, 5.41) is 0. The molecule has 1 aliphatic rings. The van der Waals surface area contributed by atoms with Gasteiger partial charge in [0.2, 0.25) is 0 Å². The highest BCUT2D eigenvalue weighted by molar-refractivity contribution is 6.25. The minimum absolute atomic E-state index is 0.942. The Kier molecular flexibility index (Phi) is 2.59. The first-order chi connectivity index (χ1) is 6.92. The highest BCUT2D eigenvalue weighted by atomic mass is 14.7. The Morgan fingerprint density at radius 1 is 1.14 bits per heavy atom. The lowest BCUT2D eigenvalue weighted by molar-refractivity contribution is 1.35. The molecule has 0 atom stereocenters. The van der Waals surface area contributed by atoms with E-state index < -0.39 is 0 Å². The molecule has 1 aromatic rings. The van der Waals surface area contributed by atoms with Gasteiger partial charge in [-0.25, -0.2) is 0 Å². The van der Waals surface area contributed by atoms with Crippen LogP contribution in [0.1, 0.15) is 12.0 Å². The molecular weight excluding hydrogens is 170 g/mol. The number of hydrogen-bond acceptors (Lipinski definition) is 1. The quantitative estimate of drug-likeness (QED) is 0.634. The van der Waals surface area contributed by atoms with Crippen LogP contribution in [-0.4, -0.2) is 12.8 Å². The molecule has 14 heavy (non-hydrogen) atoms. The van der Waals surface area contributed by atoms with E-state index in [4.69, 9.17) is 0 Å². The molecule has 0 aromatic heterocycles. The van der Waals surface area contributed by atoms with Crippen LogP contribution in [0.3, 0.4) is 0 Å². The summed E-state index contributed by atoms with van der Waals surface area (Å²) in [5.74, 6) is 0. The summed E-state index contributed by atoms with van der Waals surface area (Å²) in [6.07, 6.45) is 7.30. The predicted molar refractivity (Wildman–Crippen MR) is 61.5 cm³/mol. The summed E-state index contributed by atoms with van der Waals surface area (Å²) < 4.78 is 0. The fraction of sp³-hybridized carbons (Fsp3) is 0.154. The summed E-state index contributed by atoms with van der Waals surface area (Å²) in [6, 6.07) is 10.4. The molecule has 1 aliphatic carbocycles. The van der Waals surface area contributed by atoms with Crippen molar-refractivity contribution < 1.29 is 0 Å². The van der Waals surface area contributed by atoms with Gasteiger partial charge in [0, 0.05) is 24.8 Å². The average Bonchev–Trinajstić information content (AvgIpc) is 2.30. The van der Waals surface area contributed by atoms with Crippen molar-refractivity contribution in [1.29, 1.82) is 0 Å². The maximum atomic E-state index is 4.30. The summed E-state index contributed by atoms with van der Waals surface area (Å²) in [5.41, 5.74) is 3.66. The molecule has 0 amide bonds. The van der Waals surface area contributed by atoms with Gasteiger partial charge in [0.15, 0.2) is 0 Å². The van der Waals surface area contributed by atoms with E-state index in [0.717, 1.165) is 6.42 Å². The molecular formula is C13H13N. The topological polar surface area (TPSA) is 12.4 Å². The van der Waals surface area contributed by atoms with Gasteiger partial charge in [-0.3, -0.25) is 4.99 Å². The van der Waals surface area contributed by atoms with Gasteiger partial charge in [0.25, 0.3) is 0 Å². The first-order valence-corrected chi connectivity index (χ1v) is 4.80. The third kappa shape index (κ3) is 1.67. The lowest BCUT2D eigenvalue weighted by Crippen LogP contribution is -2.03. The van der Waals surface area contributed by atoms with Gasteiger partial charge in [0.1, 0.15) is 0 Å². The Hall–Kier alpha value is -1.63. The first-order valence-electron chi connectivity index (χ1n) is 4.80. The molecule has 0 heterocycles. The normalized spacial score (nSPS) is 18.4. The molecule has 0 spiro atoms. The van der Waals surface area contributed by atoms with Crippen LogP contribution < -0.4 is 0 Å². The molecule has 1 heteroatoms. The SMILES string of the molecule is CN=C1CC=CC=C1c1ccccc1. The van der Waals surface area contributed by atoms with Crippen LogP contribution in [0.25, 0.3) is 5.57 Å². The van der Waals surface area contributed by atoms with Gasteiger partial charge < -0.3 is 0 Å². The molecule has 0 saturated carbocycles. The third-order valence-corrected chi connectivity index (χ3v) is 2.38. The van der Waals surface area contributed by atoms with Crippen molar-refractivity contribution in [3.63, 3.8) is 0 Å². The Balaban J connectivity index is 2.43. The molecule has 2 rings (SSSR count). The third-order valence-electron chi connectivity index (χ3n) is 2.38. The predicted octanol–water partition coefficient (Wildman–Crippen LogP) is 3.10. The maximum absolute atomic E-state index is 4.30. The van der Waals surface area contributed by atoms with Crippen molar-refractivity contribution in [2.24, 2.45) is 4.99 Å². The van der Waals surface area contributed by atoms with Crippen molar-refractivity contribution in [2.75, 3.05) is 7.05 Å². The molecule has 1 nitrogen and oxygen atoms in total. The highest BCUT2D eigenvalue weighted by Gasteiger charge is 2.08. The zero-order valence-corrected chi connectivity index (χ0v) is 8.27. The molecule has 70 valence electrons. The van der Waals surface area contributed by atoms with Gasteiger partial charge in [-0.1, -0.05) is 48.6 Å². The standard InChI is InChI=1S/C13H13N/c1-14-13-10-6-5-9-12(13)11-7-3-2-4-8-11/h2-9H,10H2,1H3. The van der Waals surface area contributed by atoms with Crippen molar-refractivity contribution in [3.05, 3.63) is 54.1 Å². The zero-order chi connectivity index (χ0) is 9.80. The van der Waals surface area contributed by atoms with Crippen LogP contribution in [0.5, 0.6) is 0 Å². The fourth-order valence-corrected chi connectivity index (χ4v) is 1.64. The van der Waals surface area contributed by atoms with Crippen LogP contribution in [0, 0.1) is 0 Å². The van der Waals surface area contributed by atoms with Crippen LogP contribution >= 0.6 is 0 Å². The Bertz CT molecular complexity index is 397. The molecule has 0 aliphatic heterocycles. The van der Waals surface area contributed by atoms with E-state index in [1.807, 2.05) is 13.1 Å². The number of allylic oxidation sites excluding steroid dienone is 4. The van der Waals surface area contributed by atoms with Gasteiger partial charge in [-0.2, -0.15) is 0 Å². The smallest absolute Gasteiger partial charge is 0.0460 e. The second-order valence-electron chi connectivity index (χ2n) is 3.25. The number of nitrogens with zero attached hydrogens (tertiary/aromatic N) is 1. The summed E-state index contributed by atoms with van der Waals surface area (Å²) >= 11 is 0. The van der Waals surface area contributed by atoms with Crippen LogP contribution in [-0.2, 0) is 0 Å². The highest BCUT2D eigenvalue weighted by Crippen LogP contribution is 2.20. The fourth-order valence-electron chi connectivity index (χ4n) is 1.64. The van der Waals surface area contributed by atoms with E-state index in [1.165, 1.54) is 16.8 Å². The molecule has 0 saturated heterocycles. The van der Waals surface area contributed by atoms with Crippen molar-refractivity contribution in [1.82, 2.24) is 0 Å². The summed E-state index contributed by atoms with van der Waals surface area (Å²) in [7, 11) is 1.85. The monoisotopic (exact) mass is 183 g/mol. The van der Waals surface area contributed by atoms with Gasteiger partial charge >= 0.3 is 0 Å². The van der Waals surface area contributed by atoms with E-state index >= 15 is 0 Å². The number of benzene rings is 1. The molecule has 0 fully saturated rings. The van der Waals surface area contributed by atoms with Crippen molar-refractivity contribution >= 4 is 11.3 Å². The lowest BCUT2D eigenvalue weighted by Gasteiger charge is -2.11. The lowest BCUT2D eigenvalue weighted by atomic mass is 9.95. The molecule has 0 unspecified atom stereocenters. The Morgan fingerprint density at radius 2 is 1.93 bits per heavy atom. The van der Waals surface area contributed by atoms with E-state index in [1.54, 1.807) is 0 Å². The number of hydrogen-bond donors (Lipinski definition) is 0. The van der Waals surface area contributed by atoms with Crippen molar-refractivity contribution in [2.45, 2.75) is 6.42 Å². The van der Waals surface area contributed by atoms with Gasteiger partial charge in [-0.05, 0) is 5.56 Å². The zero-order valence-electron chi connectivity index (χ0n) is 8.27.